The Bertz CT molecular complexity index is 589. The highest BCUT2D eigenvalue weighted by Gasteiger charge is 2.15. The highest BCUT2D eigenvalue weighted by molar-refractivity contribution is 7.15. The van der Waals surface area contributed by atoms with Crippen LogP contribution >= 0.6 is 11.3 Å². The van der Waals surface area contributed by atoms with Gasteiger partial charge in [-0.05, 0) is 30.7 Å². The van der Waals surface area contributed by atoms with E-state index in [1.807, 2.05) is 0 Å². The van der Waals surface area contributed by atoms with E-state index in [0.717, 1.165) is 5.56 Å². The summed E-state index contributed by atoms with van der Waals surface area (Å²) < 4.78 is 0. The van der Waals surface area contributed by atoms with Gasteiger partial charge in [-0.25, -0.2) is 4.98 Å². The molecule has 1 unspecified atom stereocenters. The van der Waals surface area contributed by atoms with Gasteiger partial charge < -0.3 is 15.0 Å². The number of aromatic hydroxyl groups is 1. The zero-order valence-electron chi connectivity index (χ0n) is 10.1. The zero-order chi connectivity index (χ0) is 13.8. The molecule has 1 atom stereocenters. The van der Waals surface area contributed by atoms with Gasteiger partial charge in [-0.1, -0.05) is 6.08 Å². The van der Waals surface area contributed by atoms with Gasteiger partial charge in [0.1, 0.15) is 10.8 Å². The molecule has 2 aromatic rings. The fraction of sp³-hybridized carbons (Fsp3) is 0.143. The van der Waals surface area contributed by atoms with Crippen molar-refractivity contribution in [2.45, 2.75) is 12.3 Å². The number of carbonyl (C=O) groups is 1. The minimum absolute atomic E-state index is 0.180. The average Bonchev–Trinajstić information content (AvgIpc) is 2.85. The lowest BCUT2D eigenvalue weighted by atomic mass is 10.1. The summed E-state index contributed by atoms with van der Waals surface area (Å²) in [6.07, 6.45) is 3.43. The monoisotopic (exact) mass is 274 g/mol. The third-order valence-electron chi connectivity index (χ3n) is 2.67. The molecule has 2 rings (SSSR count). The Hall–Kier alpha value is -2.14. The van der Waals surface area contributed by atoms with E-state index in [2.05, 4.69) is 11.6 Å². The van der Waals surface area contributed by atoms with E-state index >= 15 is 0 Å². The number of hydrogen-bond acceptors (Lipinski definition) is 5. The van der Waals surface area contributed by atoms with Crippen LogP contribution in [0.15, 0.2) is 43.1 Å². The second kappa shape index (κ2) is 5.67. The Morgan fingerprint density at radius 2 is 2.16 bits per heavy atom. The van der Waals surface area contributed by atoms with Crippen molar-refractivity contribution in [3.8, 4) is 16.3 Å². The summed E-state index contributed by atoms with van der Waals surface area (Å²) >= 11 is 1.31. The maximum atomic E-state index is 11.1. The molecule has 0 radical (unpaired) electrons. The van der Waals surface area contributed by atoms with Crippen molar-refractivity contribution < 1.29 is 15.0 Å². The van der Waals surface area contributed by atoms with E-state index in [-0.39, 0.29) is 5.75 Å². The standard InChI is InChI=1S/C14H13NO3S/c1-2-3-11(14(17)18)12-8-15-13(19-12)9-4-6-10(16)7-5-9/h2,4-8,11,16H,1,3H2,(H,17,18)/p-1. The van der Waals surface area contributed by atoms with Crippen molar-refractivity contribution in [1.82, 2.24) is 4.98 Å². The number of nitrogens with zero attached hydrogens (tertiary/aromatic N) is 1. The molecule has 0 saturated carbocycles. The van der Waals surface area contributed by atoms with Crippen molar-refractivity contribution in [2.75, 3.05) is 0 Å². The lowest BCUT2D eigenvalue weighted by Crippen LogP contribution is -2.29. The predicted molar refractivity (Wildman–Crippen MR) is 71.8 cm³/mol. The van der Waals surface area contributed by atoms with Gasteiger partial charge >= 0.3 is 0 Å². The molecule has 0 aliphatic carbocycles. The Balaban J connectivity index is 2.29. The molecule has 0 aliphatic heterocycles. The second-order valence-electron chi connectivity index (χ2n) is 4.01. The fourth-order valence-electron chi connectivity index (χ4n) is 1.68. The summed E-state index contributed by atoms with van der Waals surface area (Å²) in [4.78, 5) is 15.9. The number of aromatic nitrogens is 1. The van der Waals surface area contributed by atoms with Crippen LogP contribution in [-0.2, 0) is 4.79 Å². The van der Waals surface area contributed by atoms with Crippen LogP contribution in [-0.4, -0.2) is 16.1 Å². The van der Waals surface area contributed by atoms with E-state index in [4.69, 9.17) is 0 Å². The third-order valence-corrected chi connectivity index (χ3v) is 3.83. The quantitative estimate of drug-likeness (QED) is 0.845. The van der Waals surface area contributed by atoms with Gasteiger partial charge in [0.25, 0.3) is 0 Å². The van der Waals surface area contributed by atoms with Gasteiger partial charge in [0.15, 0.2) is 0 Å². The largest absolute Gasteiger partial charge is 0.549 e. The third kappa shape index (κ3) is 3.00. The number of carboxylic acids is 1. The summed E-state index contributed by atoms with van der Waals surface area (Å²) in [7, 11) is 0. The van der Waals surface area contributed by atoms with Crippen LogP contribution in [0.1, 0.15) is 17.2 Å². The summed E-state index contributed by atoms with van der Waals surface area (Å²) in [5.41, 5.74) is 0.838. The topological polar surface area (TPSA) is 73.2 Å². The normalized spacial score (nSPS) is 12.0. The summed E-state index contributed by atoms with van der Waals surface area (Å²) in [5, 5.41) is 21.0. The highest BCUT2D eigenvalue weighted by Crippen LogP contribution is 2.31. The highest BCUT2D eigenvalue weighted by atomic mass is 32.1. The van der Waals surface area contributed by atoms with Gasteiger partial charge in [0, 0.05) is 22.6 Å². The molecule has 98 valence electrons. The van der Waals surface area contributed by atoms with E-state index < -0.39 is 11.9 Å². The Labute approximate surface area is 114 Å². The van der Waals surface area contributed by atoms with Crippen molar-refractivity contribution in [1.29, 1.82) is 0 Å². The first-order chi connectivity index (χ1) is 9.11. The summed E-state index contributed by atoms with van der Waals surface area (Å²) in [6, 6.07) is 6.60. The first-order valence-corrected chi connectivity index (χ1v) is 6.50. The van der Waals surface area contributed by atoms with Gasteiger partial charge in [0.05, 0.1) is 5.97 Å². The summed E-state index contributed by atoms with van der Waals surface area (Å²) in [6.45, 7) is 3.55. The maximum absolute atomic E-state index is 11.1. The van der Waals surface area contributed by atoms with Crippen molar-refractivity contribution >= 4 is 17.3 Å². The molecule has 4 nitrogen and oxygen atoms in total. The lowest BCUT2D eigenvalue weighted by molar-refractivity contribution is -0.307. The maximum Gasteiger partial charge on any atom is 0.123 e. The number of aliphatic carboxylic acids is 1. The van der Waals surface area contributed by atoms with Crippen LogP contribution in [0.4, 0.5) is 0 Å². The Morgan fingerprint density at radius 3 is 2.74 bits per heavy atom. The van der Waals surface area contributed by atoms with Crippen molar-refractivity contribution in [2.24, 2.45) is 0 Å². The molecule has 0 bridgehead atoms. The molecule has 1 heterocycles. The molecule has 5 heteroatoms. The number of allylic oxidation sites excluding steroid dienone is 1. The first-order valence-electron chi connectivity index (χ1n) is 5.68. The van der Waals surface area contributed by atoms with Crippen molar-refractivity contribution in [3.63, 3.8) is 0 Å². The number of benzene rings is 1. The first kappa shape index (κ1) is 13.3. The van der Waals surface area contributed by atoms with Crippen LogP contribution in [0, 0.1) is 0 Å². The minimum Gasteiger partial charge on any atom is -0.549 e. The van der Waals surface area contributed by atoms with E-state index in [0.29, 0.717) is 16.3 Å². The van der Waals surface area contributed by atoms with Crippen LogP contribution in [0.5, 0.6) is 5.75 Å². The molecule has 0 saturated heterocycles. The van der Waals surface area contributed by atoms with Crippen LogP contribution in [0.2, 0.25) is 0 Å². The number of phenolic OH excluding ortho intramolecular Hbond substituents is 1. The van der Waals surface area contributed by atoms with Gasteiger partial charge in [-0.2, -0.15) is 0 Å². The molecule has 0 spiro atoms. The van der Waals surface area contributed by atoms with Crippen molar-refractivity contribution in [3.05, 3.63) is 48.0 Å². The minimum atomic E-state index is -1.12. The number of thiazole rings is 1. The van der Waals surface area contributed by atoms with Crippen LogP contribution < -0.4 is 5.11 Å². The summed E-state index contributed by atoms with van der Waals surface area (Å²) in [5.74, 6) is -1.65. The zero-order valence-corrected chi connectivity index (χ0v) is 10.9. The predicted octanol–water partition coefficient (Wildman–Crippen LogP) is 1.93. The second-order valence-corrected chi connectivity index (χ2v) is 5.07. The van der Waals surface area contributed by atoms with Crippen LogP contribution in [0.3, 0.4) is 0 Å². The average molecular weight is 274 g/mol. The lowest BCUT2D eigenvalue weighted by Gasteiger charge is -2.13. The van der Waals surface area contributed by atoms with Crippen LogP contribution in [0.25, 0.3) is 10.6 Å². The SMILES string of the molecule is C=CCC(C(=O)[O-])c1cnc(-c2ccc(O)cc2)s1. The molecular weight excluding hydrogens is 262 g/mol. The van der Waals surface area contributed by atoms with Gasteiger partial charge in [-0.15, -0.1) is 17.9 Å². The Kier molecular flexibility index (Phi) is 3.97. The molecule has 0 aliphatic rings. The van der Waals surface area contributed by atoms with Gasteiger partial charge in [-0.3, -0.25) is 0 Å². The molecule has 0 fully saturated rings. The molecule has 1 aromatic carbocycles. The number of rotatable bonds is 5. The molecule has 1 N–H and O–H groups in total. The number of hydrogen-bond donors (Lipinski definition) is 1. The molecular formula is C14H12NO3S-. The van der Waals surface area contributed by atoms with E-state index in [9.17, 15) is 15.0 Å². The number of carboxylic acid groups (broad SMARTS) is 1. The molecule has 1 aromatic heterocycles. The smallest absolute Gasteiger partial charge is 0.123 e. The number of phenols is 1. The molecule has 19 heavy (non-hydrogen) atoms. The van der Waals surface area contributed by atoms with E-state index in [1.54, 1.807) is 36.5 Å². The number of carbonyl (C=O) groups excluding carboxylic acids is 1. The fourth-order valence-corrected chi connectivity index (χ4v) is 2.70. The Morgan fingerprint density at radius 1 is 1.47 bits per heavy atom. The molecule has 0 amide bonds. The van der Waals surface area contributed by atoms with E-state index in [1.165, 1.54) is 11.3 Å². The van der Waals surface area contributed by atoms with Gasteiger partial charge in [0.2, 0.25) is 0 Å².